The standard InChI is InChI=1S/C22H27N3O2S/c1-2-27-18-10-8-16(9-11-18)19-12-21(26)25-14-24(17-6-4-3-5-7-17)15-28-22(25)20(19)13-23/h8-11,17,19H,2-7,12,14-15H2,1H3/t19-/m1/s1. The zero-order valence-corrected chi connectivity index (χ0v) is 17.2. The molecule has 1 saturated heterocycles. The van der Waals surface area contributed by atoms with E-state index in [1.807, 2.05) is 36.1 Å². The molecule has 2 fully saturated rings. The second-order valence-corrected chi connectivity index (χ2v) is 8.64. The summed E-state index contributed by atoms with van der Waals surface area (Å²) < 4.78 is 5.52. The Bertz CT molecular complexity index is 793. The molecular weight excluding hydrogens is 370 g/mol. The zero-order chi connectivity index (χ0) is 19.5. The van der Waals surface area contributed by atoms with Crippen molar-refractivity contribution in [1.29, 1.82) is 5.26 Å². The lowest BCUT2D eigenvalue weighted by Crippen LogP contribution is -2.51. The number of hydrogen-bond acceptors (Lipinski definition) is 5. The van der Waals surface area contributed by atoms with Crippen molar-refractivity contribution in [2.24, 2.45) is 0 Å². The van der Waals surface area contributed by atoms with Gasteiger partial charge in [-0.15, -0.1) is 0 Å². The lowest BCUT2D eigenvalue weighted by atomic mass is 9.86. The van der Waals surface area contributed by atoms with Gasteiger partial charge in [0.25, 0.3) is 0 Å². The molecular formula is C22H27N3O2S. The molecule has 0 unspecified atom stereocenters. The lowest BCUT2D eigenvalue weighted by molar-refractivity contribution is -0.132. The number of rotatable bonds is 4. The Kier molecular flexibility index (Phi) is 5.93. The van der Waals surface area contributed by atoms with E-state index in [4.69, 9.17) is 4.74 Å². The van der Waals surface area contributed by atoms with E-state index in [9.17, 15) is 10.1 Å². The van der Waals surface area contributed by atoms with Crippen LogP contribution in [0.1, 0.15) is 56.9 Å². The first-order valence-corrected chi connectivity index (χ1v) is 11.2. The van der Waals surface area contributed by atoms with E-state index >= 15 is 0 Å². The van der Waals surface area contributed by atoms with Gasteiger partial charge in [0.05, 0.1) is 35.8 Å². The number of ether oxygens (including phenoxy) is 1. The molecule has 1 aliphatic carbocycles. The normalized spacial score (nSPS) is 24.1. The zero-order valence-electron chi connectivity index (χ0n) is 16.4. The quantitative estimate of drug-likeness (QED) is 0.752. The smallest absolute Gasteiger partial charge is 0.229 e. The predicted octanol–water partition coefficient (Wildman–Crippen LogP) is 4.43. The van der Waals surface area contributed by atoms with E-state index in [1.54, 1.807) is 11.8 Å². The SMILES string of the molecule is CCOc1ccc([C@H]2CC(=O)N3CN(C4CCCCC4)CSC3=C2C#N)cc1. The molecule has 0 bridgehead atoms. The van der Waals surface area contributed by atoms with E-state index in [-0.39, 0.29) is 11.8 Å². The van der Waals surface area contributed by atoms with Crippen LogP contribution < -0.4 is 4.74 Å². The summed E-state index contributed by atoms with van der Waals surface area (Å²) in [6, 6.07) is 10.8. The van der Waals surface area contributed by atoms with Gasteiger partial charge >= 0.3 is 0 Å². The number of nitrogens with zero attached hydrogens (tertiary/aromatic N) is 3. The first kappa shape index (κ1) is 19.4. The molecule has 1 aromatic rings. The Morgan fingerprint density at radius 3 is 2.64 bits per heavy atom. The van der Waals surface area contributed by atoms with Crippen molar-refractivity contribution in [2.45, 2.75) is 57.4 Å². The Morgan fingerprint density at radius 1 is 1.21 bits per heavy atom. The van der Waals surface area contributed by atoms with Crippen LogP contribution in [0.3, 0.4) is 0 Å². The monoisotopic (exact) mass is 397 g/mol. The highest BCUT2D eigenvalue weighted by atomic mass is 32.2. The average molecular weight is 398 g/mol. The molecule has 1 saturated carbocycles. The van der Waals surface area contributed by atoms with E-state index in [0.717, 1.165) is 27.8 Å². The molecule has 5 nitrogen and oxygen atoms in total. The highest BCUT2D eigenvalue weighted by molar-refractivity contribution is 8.03. The minimum Gasteiger partial charge on any atom is -0.494 e. The topological polar surface area (TPSA) is 56.6 Å². The number of amides is 1. The van der Waals surface area contributed by atoms with Crippen LogP contribution >= 0.6 is 11.8 Å². The summed E-state index contributed by atoms with van der Waals surface area (Å²) in [6.07, 6.45) is 6.70. The van der Waals surface area contributed by atoms with Crippen molar-refractivity contribution < 1.29 is 9.53 Å². The van der Waals surface area contributed by atoms with Crippen molar-refractivity contribution >= 4 is 17.7 Å². The average Bonchev–Trinajstić information content (AvgIpc) is 2.75. The summed E-state index contributed by atoms with van der Waals surface area (Å²) in [5.41, 5.74) is 1.74. The van der Waals surface area contributed by atoms with Gasteiger partial charge in [0.15, 0.2) is 0 Å². The number of carbonyl (C=O) groups is 1. The van der Waals surface area contributed by atoms with Gasteiger partial charge in [0.2, 0.25) is 5.91 Å². The van der Waals surface area contributed by atoms with Crippen LogP contribution in [-0.4, -0.2) is 40.9 Å². The molecule has 2 aliphatic heterocycles. The Morgan fingerprint density at radius 2 is 1.96 bits per heavy atom. The second-order valence-electron chi connectivity index (χ2n) is 7.71. The van der Waals surface area contributed by atoms with Crippen LogP contribution in [0.25, 0.3) is 0 Å². The van der Waals surface area contributed by atoms with E-state index in [2.05, 4.69) is 11.0 Å². The third-order valence-corrected chi connectivity index (χ3v) is 7.17. The molecule has 1 atom stereocenters. The highest BCUT2D eigenvalue weighted by Crippen LogP contribution is 2.43. The van der Waals surface area contributed by atoms with Crippen LogP contribution in [0.15, 0.2) is 34.9 Å². The largest absolute Gasteiger partial charge is 0.494 e. The van der Waals surface area contributed by atoms with Crippen LogP contribution in [0.2, 0.25) is 0 Å². The summed E-state index contributed by atoms with van der Waals surface area (Å²) in [4.78, 5) is 17.3. The first-order valence-electron chi connectivity index (χ1n) is 10.3. The van der Waals surface area contributed by atoms with E-state index < -0.39 is 0 Å². The molecule has 2 heterocycles. The summed E-state index contributed by atoms with van der Waals surface area (Å²) in [5, 5.41) is 10.8. The molecule has 3 aliphatic rings. The molecule has 0 spiro atoms. The fourth-order valence-corrected chi connectivity index (χ4v) is 5.74. The molecule has 0 radical (unpaired) electrons. The van der Waals surface area contributed by atoms with Crippen LogP contribution in [0, 0.1) is 11.3 Å². The van der Waals surface area contributed by atoms with Gasteiger partial charge in [-0.3, -0.25) is 14.6 Å². The van der Waals surface area contributed by atoms with Crippen LogP contribution in [0.4, 0.5) is 0 Å². The molecule has 1 amide bonds. The molecule has 1 aromatic carbocycles. The second kappa shape index (κ2) is 8.59. The summed E-state index contributed by atoms with van der Waals surface area (Å²) in [7, 11) is 0. The van der Waals surface area contributed by atoms with Gasteiger partial charge in [-0.1, -0.05) is 43.2 Å². The number of fused-ring (bicyclic) bond motifs is 1. The van der Waals surface area contributed by atoms with Gasteiger partial charge in [0, 0.05) is 18.4 Å². The van der Waals surface area contributed by atoms with Gasteiger partial charge in [-0.2, -0.15) is 5.26 Å². The van der Waals surface area contributed by atoms with Crippen LogP contribution in [0.5, 0.6) is 5.75 Å². The summed E-state index contributed by atoms with van der Waals surface area (Å²) in [5.74, 6) is 1.65. The third kappa shape index (κ3) is 3.78. The number of hydrogen-bond donors (Lipinski definition) is 0. The fraction of sp³-hybridized carbons (Fsp3) is 0.545. The van der Waals surface area contributed by atoms with Crippen molar-refractivity contribution in [3.63, 3.8) is 0 Å². The maximum absolute atomic E-state index is 13.0. The Balaban J connectivity index is 1.57. The number of nitriles is 1. The Labute approximate surface area is 171 Å². The number of carbonyl (C=O) groups excluding carboxylic acids is 1. The summed E-state index contributed by atoms with van der Waals surface area (Å²) in [6.45, 7) is 3.21. The summed E-state index contributed by atoms with van der Waals surface area (Å²) >= 11 is 1.66. The van der Waals surface area contributed by atoms with Crippen molar-refractivity contribution in [2.75, 3.05) is 19.2 Å². The van der Waals surface area contributed by atoms with E-state index in [1.165, 1.54) is 32.1 Å². The molecule has 148 valence electrons. The number of allylic oxidation sites excluding steroid dienone is 1. The number of thioether (sulfide) groups is 1. The van der Waals surface area contributed by atoms with Crippen molar-refractivity contribution in [3.05, 3.63) is 40.4 Å². The van der Waals surface area contributed by atoms with Gasteiger partial charge in [-0.25, -0.2) is 0 Å². The Hall–Kier alpha value is -1.97. The van der Waals surface area contributed by atoms with Crippen molar-refractivity contribution in [3.8, 4) is 11.8 Å². The van der Waals surface area contributed by atoms with Crippen LogP contribution in [-0.2, 0) is 4.79 Å². The molecule has 28 heavy (non-hydrogen) atoms. The third-order valence-electron chi connectivity index (χ3n) is 6.00. The predicted molar refractivity (Wildman–Crippen MR) is 110 cm³/mol. The van der Waals surface area contributed by atoms with Gasteiger partial charge in [-0.05, 0) is 37.5 Å². The lowest BCUT2D eigenvalue weighted by Gasteiger charge is -2.44. The molecule has 0 N–H and O–H groups in total. The molecule has 6 heteroatoms. The molecule has 0 aromatic heterocycles. The minimum absolute atomic E-state index is 0.126. The highest BCUT2D eigenvalue weighted by Gasteiger charge is 2.39. The van der Waals surface area contributed by atoms with Gasteiger partial charge in [0.1, 0.15) is 5.75 Å². The minimum atomic E-state index is -0.159. The fourth-order valence-electron chi connectivity index (χ4n) is 4.50. The molecule has 4 rings (SSSR count). The number of benzene rings is 1. The van der Waals surface area contributed by atoms with E-state index in [0.29, 0.717) is 25.7 Å². The maximum Gasteiger partial charge on any atom is 0.229 e. The first-order chi connectivity index (χ1) is 13.7. The van der Waals surface area contributed by atoms with Crippen molar-refractivity contribution in [1.82, 2.24) is 9.80 Å². The maximum atomic E-state index is 13.0. The van der Waals surface area contributed by atoms with Gasteiger partial charge < -0.3 is 4.74 Å².